The highest BCUT2D eigenvalue weighted by molar-refractivity contribution is 6.02. The summed E-state index contributed by atoms with van der Waals surface area (Å²) in [6.07, 6.45) is 2.71. The van der Waals surface area contributed by atoms with Crippen LogP contribution < -0.4 is 16.4 Å². The van der Waals surface area contributed by atoms with Crippen molar-refractivity contribution in [3.8, 4) is 11.1 Å². The Labute approximate surface area is 235 Å². The number of aromatic nitrogens is 3. The number of likely N-dealkylation sites (N-methyl/N-ethyl adjacent to an activating group) is 1. The van der Waals surface area contributed by atoms with E-state index in [-0.39, 0.29) is 16.9 Å². The molecule has 0 spiro atoms. The molecule has 0 unspecified atom stereocenters. The molecule has 2 aromatic heterocycles. The molecule has 0 atom stereocenters. The zero-order chi connectivity index (χ0) is 28.7. The van der Waals surface area contributed by atoms with Crippen LogP contribution in [0.5, 0.6) is 0 Å². The van der Waals surface area contributed by atoms with Crippen LogP contribution in [0.4, 0.5) is 35.2 Å². The van der Waals surface area contributed by atoms with E-state index in [2.05, 4.69) is 30.4 Å². The first-order valence-electron chi connectivity index (χ1n) is 13.6. The van der Waals surface area contributed by atoms with Gasteiger partial charge in [0.1, 0.15) is 23.6 Å². The molecular weight excluding hydrogens is 533 g/mol. The van der Waals surface area contributed by atoms with Gasteiger partial charge in [-0.05, 0) is 55.3 Å². The van der Waals surface area contributed by atoms with E-state index in [1.807, 2.05) is 17.8 Å². The summed E-state index contributed by atoms with van der Waals surface area (Å²) in [6, 6.07) is 8.51. The summed E-state index contributed by atoms with van der Waals surface area (Å²) in [5, 5.41) is 5.67. The van der Waals surface area contributed by atoms with Crippen LogP contribution in [0.1, 0.15) is 36.4 Å². The Kier molecular flexibility index (Phi) is 7.26. The number of fused-ring (bicyclic) bond motifs is 1. The number of carbonyl (C=O) groups excluding carboxylic acids is 1. The highest BCUT2D eigenvalue weighted by Gasteiger charge is 2.28. The summed E-state index contributed by atoms with van der Waals surface area (Å²) in [5.41, 5.74) is 8.65. The number of piperazine rings is 1. The second kappa shape index (κ2) is 11.0. The second-order valence-electron chi connectivity index (χ2n) is 10.7. The predicted octanol–water partition coefficient (Wildman–Crippen LogP) is 5.48. The first-order valence-corrected chi connectivity index (χ1v) is 13.6. The number of rotatable bonds is 7. The predicted molar refractivity (Wildman–Crippen MR) is 152 cm³/mol. The Morgan fingerprint density at radius 1 is 1.07 bits per heavy atom. The lowest BCUT2D eigenvalue weighted by Crippen LogP contribution is -2.44. The minimum atomic E-state index is -2.70. The van der Waals surface area contributed by atoms with E-state index in [1.54, 1.807) is 18.2 Å². The molecule has 0 bridgehead atoms. The number of alkyl halides is 2. The number of anilines is 3. The number of hydrogen-bond acceptors (Lipinski definition) is 6. The average Bonchev–Trinajstić information content (AvgIpc) is 3.71. The Balaban J connectivity index is 1.17. The molecular formula is C29H31F3N8O. The van der Waals surface area contributed by atoms with Crippen molar-refractivity contribution in [1.82, 2.24) is 24.3 Å². The monoisotopic (exact) mass is 564 g/mol. The number of amides is 2. The fraction of sp³-hybridized carbons (Fsp3) is 0.345. The Morgan fingerprint density at radius 2 is 1.85 bits per heavy atom. The van der Waals surface area contributed by atoms with Crippen molar-refractivity contribution in [3.05, 3.63) is 65.9 Å². The van der Waals surface area contributed by atoms with Crippen molar-refractivity contribution in [1.29, 1.82) is 0 Å². The number of halogens is 3. The lowest BCUT2D eigenvalue weighted by atomic mass is 10.1. The molecule has 41 heavy (non-hydrogen) atoms. The van der Waals surface area contributed by atoms with Crippen molar-refractivity contribution < 1.29 is 18.0 Å². The third-order valence-corrected chi connectivity index (χ3v) is 7.74. The minimum Gasteiger partial charge on any atom is -0.383 e. The highest BCUT2D eigenvalue weighted by atomic mass is 19.3. The maximum Gasteiger partial charge on any atom is 0.323 e. The lowest BCUT2D eigenvalue weighted by molar-refractivity contribution is 0.136. The molecule has 1 saturated carbocycles. The first-order chi connectivity index (χ1) is 19.8. The van der Waals surface area contributed by atoms with E-state index in [0.29, 0.717) is 46.1 Å². The zero-order valence-corrected chi connectivity index (χ0v) is 22.6. The van der Waals surface area contributed by atoms with Crippen LogP contribution in [0.25, 0.3) is 22.2 Å². The topological polar surface area (TPSA) is 104 Å². The van der Waals surface area contributed by atoms with Gasteiger partial charge in [-0.1, -0.05) is 12.1 Å². The number of nitrogens with one attached hydrogen (secondary N) is 2. The molecule has 12 heteroatoms. The Morgan fingerprint density at radius 3 is 2.56 bits per heavy atom. The van der Waals surface area contributed by atoms with Gasteiger partial charge in [0.2, 0.25) is 0 Å². The van der Waals surface area contributed by atoms with Gasteiger partial charge in [0.15, 0.2) is 0 Å². The summed E-state index contributed by atoms with van der Waals surface area (Å²) in [6.45, 7) is 3.78. The third kappa shape index (κ3) is 5.70. The Bertz CT molecular complexity index is 1590. The molecule has 2 fully saturated rings. The summed E-state index contributed by atoms with van der Waals surface area (Å²) >= 11 is 0. The first kappa shape index (κ1) is 27.0. The van der Waals surface area contributed by atoms with Crippen molar-refractivity contribution in [2.45, 2.75) is 31.9 Å². The van der Waals surface area contributed by atoms with Gasteiger partial charge in [0.25, 0.3) is 6.43 Å². The third-order valence-electron chi connectivity index (χ3n) is 7.74. The van der Waals surface area contributed by atoms with E-state index >= 15 is 4.39 Å². The molecule has 6 rings (SSSR count). The van der Waals surface area contributed by atoms with Crippen LogP contribution in [0.3, 0.4) is 0 Å². The molecule has 2 aliphatic rings. The quantitative estimate of drug-likeness (QED) is 0.275. The van der Waals surface area contributed by atoms with Crippen LogP contribution in [0.2, 0.25) is 0 Å². The normalized spacial score (nSPS) is 16.4. The standard InChI is InChI=1S/C29H31F3N8O/c1-38-8-10-39(11-9-38)14-18-2-4-19(13-21(18)26(31)32)36-29(41)37-24-7-3-17(12-23(24)30)22-15-40(20-5-6-20)28-25(22)27(33)34-16-35-28/h2-4,7,12-13,15-16,20,26H,5-6,8-11,14H2,1H3,(H2,33,34,35)(H2,36,37,41). The molecule has 1 aliphatic heterocycles. The van der Waals surface area contributed by atoms with Crippen LogP contribution in [-0.4, -0.2) is 63.6 Å². The summed E-state index contributed by atoms with van der Waals surface area (Å²) in [4.78, 5) is 25.5. The maximum atomic E-state index is 15.2. The van der Waals surface area contributed by atoms with Gasteiger partial charge in [-0.2, -0.15) is 0 Å². The molecule has 214 valence electrons. The molecule has 3 heterocycles. The fourth-order valence-electron chi connectivity index (χ4n) is 5.29. The van der Waals surface area contributed by atoms with Crippen molar-refractivity contribution in [3.63, 3.8) is 0 Å². The van der Waals surface area contributed by atoms with E-state index in [9.17, 15) is 13.6 Å². The zero-order valence-electron chi connectivity index (χ0n) is 22.6. The highest BCUT2D eigenvalue weighted by Crippen LogP contribution is 2.42. The van der Waals surface area contributed by atoms with Gasteiger partial charge in [-0.15, -0.1) is 0 Å². The van der Waals surface area contributed by atoms with Crippen molar-refractivity contribution in [2.75, 3.05) is 49.6 Å². The van der Waals surface area contributed by atoms with Gasteiger partial charge in [0, 0.05) is 61.8 Å². The fourth-order valence-corrected chi connectivity index (χ4v) is 5.29. The molecule has 1 saturated heterocycles. The Hall–Kier alpha value is -4.16. The molecule has 2 aromatic carbocycles. The van der Waals surface area contributed by atoms with Gasteiger partial charge in [0.05, 0.1) is 11.1 Å². The van der Waals surface area contributed by atoms with Crippen LogP contribution >= 0.6 is 0 Å². The molecule has 2 amide bonds. The van der Waals surface area contributed by atoms with Gasteiger partial charge >= 0.3 is 6.03 Å². The summed E-state index contributed by atoms with van der Waals surface area (Å²) < 4.78 is 45.0. The van der Waals surface area contributed by atoms with Gasteiger partial charge in [-0.3, -0.25) is 4.90 Å². The molecule has 9 nitrogen and oxygen atoms in total. The molecule has 0 radical (unpaired) electrons. The number of urea groups is 1. The van der Waals surface area contributed by atoms with Crippen LogP contribution in [-0.2, 0) is 6.54 Å². The second-order valence-corrected chi connectivity index (χ2v) is 10.7. The molecule has 4 N–H and O–H groups in total. The van der Waals surface area contributed by atoms with Crippen LogP contribution in [0.15, 0.2) is 48.9 Å². The smallest absolute Gasteiger partial charge is 0.323 e. The number of carbonyl (C=O) groups is 1. The maximum absolute atomic E-state index is 15.2. The molecule has 1 aliphatic carbocycles. The van der Waals surface area contributed by atoms with Crippen LogP contribution in [0, 0.1) is 5.82 Å². The van der Waals surface area contributed by atoms with E-state index in [0.717, 1.165) is 39.0 Å². The lowest BCUT2D eigenvalue weighted by Gasteiger charge is -2.32. The average molecular weight is 565 g/mol. The van der Waals surface area contributed by atoms with Gasteiger partial charge < -0.3 is 25.8 Å². The summed E-state index contributed by atoms with van der Waals surface area (Å²) in [5.74, 6) is -0.347. The SMILES string of the molecule is CN1CCN(Cc2ccc(NC(=O)Nc3ccc(-c4cn(C5CC5)c5ncnc(N)c45)cc3F)cc2C(F)F)CC1. The largest absolute Gasteiger partial charge is 0.383 e. The minimum absolute atomic E-state index is 0.0535. The number of hydrogen-bond donors (Lipinski definition) is 3. The van der Waals surface area contributed by atoms with E-state index < -0.39 is 18.3 Å². The van der Waals surface area contributed by atoms with Gasteiger partial charge in [-0.25, -0.2) is 27.9 Å². The van der Waals surface area contributed by atoms with E-state index in [1.165, 1.54) is 24.5 Å². The molecule has 4 aromatic rings. The number of nitrogen functional groups attached to an aromatic ring is 1. The van der Waals surface area contributed by atoms with Crippen molar-refractivity contribution in [2.24, 2.45) is 0 Å². The van der Waals surface area contributed by atoms with E-state index in [4.69, 9.17) is 5.73 Å². The number of benzene rings is 2. The summed E-state index contributed by atoms with van der Waals surface area (Å²) in [7, 11) is 2.04. The van der Waals surface area contributed by atoms with Crippen molar-refractivity contribution >= 4 is 34.3 Å². The number of nitrogens with two attached hydrogens (primary N) is 1. The number of nitrogens with zero attached hydrogens (tertiary/aromatic N) is 5.